The van der Waals surface area contributed by atoms with Crippen LogP contribution in [0, 0.1) is 0 Å². The van der Waals surface area contributed by atoms with Crippen LogP contribution < -0.4 is 5.32 Å². The van der Waals surface area contributed by atoms with E-state index in [0.717, 1.165) is 15.8 Å². The van der Waals surface area contributed by atoms with Crippen LogP contribution in [0.25, 0.3) is 10.2 Å². The Hall–Kier alpha value is -2.63. The van der Waals surface area contributed by atoms with E-state index in [0.29, 0.717) is 16.6 Å². The molecule has 26 heavy (non-hydrogen) atoms. The standard InChI is InChI=1S/C20H16ClN3OS/c21-15-8-9-16-18(13-15)26-20(22-16)23-19(25)17(24-10-4-5-11-24)12-14-6-2-1-3-7-14/h1-11,13,17H,12H2,(H,22,23,25). The lowest BCUT2D eigenvalue weighted by Crippen LogP contribution is -2.27. The van der Waals surface area contributed by atoms with Crippen molar-refractivity contribution in [3.8, 4) is 0 Å². The fourth-order valence-electron chi connectivity index (χ4n) is 2.87. The van der Waals surface area contributed by atoms with Gasteiger partial charge in [-0.05, 0) is 35.9 Å². The zero-order chi connectivity index (χ0) is 17.9. The fourth-order valence-corrected chi connectivity index (χ4v) is 4.01. The lowest BCUT2D eigenvalue weighted by Gasteiger charge is -2.18. The van der Waals surface area contributed by atoms with Crippen molar-refractivity contribution >= 4 is 44.2 Å². The van der Waals surface area contributed by atoms with Crippen molar-refractivity contribution in [1.82, 2.24) is 9.55 Å². The molecule has 4 rings (SSSR count). The van der Waals surface area contributed by atoms with E-state index in [1.807, 2.05) is 71.6 Å². The van der Waals surface area contributed by atoms with Crippen LogP contribution in [0.3, 0.4) is 0 Å². The second kappa shape index (κ2) is 7.32. The molecule has 0 aliphatic carbocycles. The minimum atomic E-state index is -0.344. The smallest absolute Gasteiger partial charge is 0.249 e. The summed E-state index contributed by atoms with van der Waals surface area (Å²) in [6, 6.07) is 19.0. The Labute approximate surface area is 160 Å². The minimum absolute atomic E-state index is 0.0878. The number of halogens is 1. The molecule has 0 saturated heterocycles. The van der Waals surface area contributed by atoms with Crippen LogP contribution >= 0.6 is 22.9 Å². The summed E-state index contributed by atoms with van der Waals surface area (Å²) < 4.78 is 2.88. The second-order valence-corrected chi connectivity index (χ2v) is 7.42. The molecule has 2 aromatic heterocycles. The van der Waals surface area contributed by atoms with Crippen molar-refractivity contribution < 1.29 is 4.79 Å². The highest BCUT2D eigenvalue weighted by Crippen LogP contribution is 2.29. The molecule has 130 valence electrons. The first-order valence-electron chi connectivity index (χ1n) is 8.22. The van der Waals surface area contributed by atoms with Gasteiger partial charge in [-0.3, -0.25) is 4.79 Å². The quantitative estimate of drug-likeness (QED) is 0.518. The highest BCUT2D eigenvalue weighted by atomic mass is 35.5. The summed E-state index contributed by atoms with van der Waals surface area (Å²) in [6.07, 6.45) is 4.43. The van der Waals surface area contributed by atoms with Crippen molar-refractivity contribution in [1.29, 1.82) is 0 Å². The Morgan fingerprint density at radius 3 is 2.65 bits per heavy atom. The first-order valence-corrected chi connectivity index (χ1v) is 9.42. The molecule has 4 nitrogen and oxygen atoms in total. The maximum Gasteiger partial charge on any atom is 0.249 e. The molecule has 0 saturated carbocycles. The van der Waals surface area contributed by atoms with E-state index < -0.39 is 0 Å². The lowest BCUT2D eigenvalue weighted by molar-refractivity contribution is -0.119. The van der Waals surface area contributed by atoms with Gasteiger partial charge in [0.1, 0.15) is 6.04 Å². The lowest BCUT2D eigenvalue weighted by atomic mass is 10.1. The van der Waals surface area contributed by atoms with E-state index in [9.17, 15) is 4.79 Å². The van der Waals surface area contributed by atoms with Crippen LogP contribution in [0.4, 0.5) is 5.13 Å². The number of aromatic nitrogens is 2. The normalized spacial score (nSPS) is 12.2. The third-order valence-electron chi connectivity index (χ3n) is 4.14. The number of carbonyl (C=O) groups is 1. The van der Waals surface area contributed by atoms with Crippen LogP contribution in [-0.2, 0) is 11.2 Å². The van der Waals surface area contributed by atoms with Crippen molar-refractivity contribution in [2.45, 2.75) is 12.5 Å². The molecule has 4 aromatic rings. The number of thiazole rings is 1. The molecule has 1 atom stereocenters. The first kappa shape index (κ1) is 16.8. The zero-order valence-corrected chi connectivity index (χ0v) is 15.4. The molecule has 2 aromatic carbocycles. The number of nitrogens with one attached hydrogen (secondary N) is 1. The molecule has 0 aliphatic rings. The molecule has 6 heteroatoms. The average Bonchev–Trinajstić information content (AvgIpc) is 3.29. The number of hydrogen-bond acceptors (Lipinski definition) is 3. The number of amides is 1. The number of benzene rings is 2. The summed E-state index contributed by atoms with van der Waals surface area (Å²) in [6.45, 7) is 0. The Balaban J connectivity index is 1.59. The van der Waals surface area contributed by atoms with Crippen LogP contribution in [-0.4, -0.2) is 15.5 Å². The molecule has 0 spiro atoms. The SMILES string of the molecule is O=C(Nc1nc2ccc(Cl)cc2s1)C(Cc1ccccc1)n1cccc1. The van der Waals surface area contributed by atoms with Gasteiger partial charge in [0, 0.05) is 23.8 Å². The fraction of sp³-hybridized carbons (Fsp3) is 0.100. The number of fused-ring (bicyclic) bond motifs is 1. The van der Waals surface area contributed by atoms with Gasteiger partial charge in [0.05, 0.1) is 10.2 Å². The van der Waals surface area contributed by atoms with Gasteiger partial charge in [0.15, 0.2) is 5.13 Å². The molecular formula is C20H16ClN3OS. The van der Waals surface area contributed by atoms with E-state index in [-0.39, 0.29) is 11.9 Å². The van der Waals surface area contributed by atoms with E-state index in [4.69, 9.17) is 11.6 Å². The van der Waals surface area contributed by atoms with Crippen molar-refractivity contribution in [2.24, 2.45) is 0 Å². The number of hydrogen-bond donors (Lipinski definition) is 1. The number of nitrogens with zero attached hydrogens (tertiary/aromatic N) is 2. The highest BCUT2D eigenvalue weighted by molar-refractivity contribution is 7.22. The van der Waals surface area contributed by atoms with Crippen LogP contribution in [0.1, 0.15) is 11.6 Å². The summed E-state index contributed by atoms with van der Waals surface area (Å²) >= 11 is 7.45. The van der Waals surface area contributed by atoms with E-state index in [2.05, 4.69) is 10.3 Å². The second-order valence-electron chi connectivity index (χ2n) is 5.96. The minimum Gasteiger partial charge on any atom is -0.342 e. The summed E-state index contributed by atoms with van der Waals surface area (Å²) in [5.74, 6) is -0.0878. The molecule has 2 heterocycles. The molecule has 0 fully saturated rings. The predicted octanol–water partition coefficient (Wildman–Crippen LogP) is 5.17. The topological polar surface area (TPSA) is 46.9 Å². The highest BCUT2D eigenvalue weighted by Gasteiger charge is 2.21. The molecular weight excluding hydrogens is 366 g/mol. The predicted molar refractivity (Wildman–Crippen MR) is 107 cm³/mol. The van der Waals surface area contributed by atoms with Gasteiger partial charge in [-0.1, -0.05) is 53.3 Å². The van der Waals surface area contributed by atoms with Gasteiger partial charge in [0.25, 0.3) is 0 Å². The van der Waals surface area contributed by atoms with Gasteiger partial charge in [-0.25, -0.2) is 4.98 Å². The number of rotatable bonds is 5. The zero-order valence-electron chi connectivity index (χ0n) is 13.8. The average molecular weight is 382 g/mol. The molecule has 1 N–H and O–H groups in total. The van der Waals surface area contributed by atoms with Crippen molar-refractivity contribution in [3.63, 3.8) is 0 Å². The van der Waals surface area contributed by atoms with E-state index in [1.54, 1.807) is 6.07 Å². The first-order chi connectivity index (χ1) is 12.7. The van der Waals surface area contributed by atoms with E-state index in [1.165, 1.54) is 11.3 Å². The molecule has 1 amide bonds. The Morgan fingerprint density at radius 2 is 1.88 bits per heavy atom. The van der Waals surface area contributed by atoms with E-state index >= 15 is 0 Å². The summed E-state index contributed by atoms with van der Waals surface area (Å²) in [5, 5.41) is 4.21. The van der Waals surface area contributed by atoms with Gasteiger partial charge >= 0.3 is 0 Å². The number of anilines is 1. The summed E-state index contributed by atoms with van der Waals surface area (Å²) in [5.41, 5.74) is 1.94. The van der Waals surface area contributed by atoms with Crippen molar-refractivity contribution in [3.05, 3.63) is 83.6 Å². The van der Waals surface area contributed by atoms with Crippen LogP contribution in [0.15, 0.2) is 73.1 Å². The number of carbonyl (C=O) groups excluding carboxylic acids is 1. The van der Waals surface area contributed by atoms with Crippen molar-refractivity contribution in [2.75, 3.05) is 5.32 Å². The maximum atomic E-state index is 13.0. The molecule has 0 bridgehead atoms. The Kier molecular flexibility index (Phi) is 4.73. The van der Waals surface area contributed by atoms with Crippen LogP contribution in [0.5, 0.6) is 0 Å². The van der Waals surface area contributed by atoms with Gasteiger partial charge in [-0.15, -0.1) is 0 Å². The van der Waals surface area contributed by atoms with Gasteiger partial charge in [-0.2, -0.15) is 0 Å². The monoisotopic (exact) mass is 381 g/mol. The third kappa shape index (κ3) is 3.64. The van der Waals surface area contributed by atoms with Gasteiger partial charge in [0.2, 0.25) is 5.91 Å². The van der Waals surface area contributed by atoms with Crippen LogP contribution in [0.2, 0.25) is 5.02 Å². The molecule has 1 unspecified atom stereocenters. The maximum absolute atomic E-state index is 13.0. The molecule has 0 radical (unpaired) electrons. The summed E-state index contributed by atoms with van der Waals surface area (Å²) in [4.78, 5) is 17.5. The Morgan fingerprint density at radius 1 is 1.12 bits per heavy atom. The largest absolute Gasteiger partial charge is 0.342 e. The molecule has 0 aliphatic heterocycles. The Bertz CT molecular complexity index is 1030. The summed E-state index contributed by atoms with van der Waals surface area (Å²) in [7, 11) is 0. The van der Waals surface area contributed by atoms with Gasteiger partial charge < -0.3 is 9.88 Å². The third-order valence-corrected chi connectivity index (χ3v) is 5.31.